The van der Waals surface area contributed by atoms with Crippen LogP contribution in [0.25, 0.3) is 16.8 Å². The second kappa shape index (κ2) is 8.93. The van der Waals surface area contributed by atoms with Crippen molar-refractivity contribution in [3.8, 4) is 11.3 Å². The van der Waals surface area contributed by atoms with Gasteiger partial charge in [-0.2, -0.15) is 15.2 Å². The minimum atomic E-state index is -0.846. The maximum Gasteiger partial charge on any atom is 0.243 e. The van der Waals surface area contributed by atoms with Crippen molar-refractivity contribution in [3.05, 3.63) is 30.1 Å². The number of alkyl halides is 1. The molecule has 2 N–H and O–H groups in total. The van der Waals surface area contributed by atoms with Crippen molar-refractivity contribution in [2.45, 2.75) is 19.5 Å². The van der Waals surface area contributed by atoms with Crippen LogP contribution in [-0.4, -0.2) is 71.4 Å². The van der Waals surface area contributed by atoms with Crippen molar-refractivity contribution < 1.29 is 4.39 Å². The number of nitrogens with one attached hydrogen (secondary N) is 2. The molecule has 2 atom stereocenters. The molecule has 31 heavy (non-hydrogen) atoms. The monoisotopic (exact) mass is 425 g/mol. The van der Waals surface area contributed by atoms with E-state index in [0.717, 1.165) is 41.1 Å². The molecule has 0 aromatic carbocycles. The van der Waals surface area contributed by atoms with Gasteiger partial charge in [0.1, 0.15) is 17.4 Å². The second-order valence-corrected chi connectivity index (χ2v) is 7.87. The Labute approximate surface area is 180 Å². The van der Waals surface area contributed by atoms with Gasteiger partial charge in [0.25, 0.3) is 0 Å². The van der Waals surface area contributed by atoms with Crippen molar-refractivity contribution >= 4 is 23.0 Å². The van der Waals surface area contributed by atoms with Gasteiger partial charge in [-0.1, -0.05) is 0 Å². The maximum absolute atomic E-state index is 14.3. The average Bonchev–Trinajstić information content (AvgIpc) is 3.18. The molecule has 4 heterocycles. The van der Waals surface area contributed by atoms with E-state index in [1.54, 1.807) is 11.6 Å². The summed E-state index contributed by atoms with van der Waals surface area (Å²) in [4.78, 5) is 11.3. The number of piperidine rings is 1. The minimum Gasteiger partial charge on any atom is -0.371 e. The van der Waals surface area contributed by atoms with Crippen LogP contribution in [0.4, 0.5) is 21.8 Å². The molecule has 0 saturated carbocycles. The van der Waals surface area contributed by atoms with Crippen LogP contribution in [0.3, 0.4) is 0 Å². The molecule has 3 aromatic rings. The van der Waals surface area contributed by atoms with Crippen LogP contribution >= 0.6 is 0 Å². The molecule has 9 nitrogen and oxygen atoms in total. The van der Waals surface area contributed by atoms with Gasteiger partial charge in [-0.05, 0) is 45.1 Å². The zero-order valence-electron chi connectivity index (χ0n) is 18.3. The van der Waals surface area contributed by atoms with E-state index in [9.17, 15) is 4.39 Å². The van der Waals surface area contributed by atoms with Gasteiger partial charge >= 0.3 is 0 Å². The first-order chi connectivity index (χ1) is 15.0. The van der Waals surface area contributed by atoms with Gasteiger partial charge in [-0.3, -0.25) is 4.98 Å². The number of aromatic nitrogens is 4. The normalized spacial score (nSPS) is 19.9. The fourth-order valence-corrected chi connectivity index (χ4v) is 3.96. The van der Waals surface area contributed by atoms with Crippen LogP contribution in [0.5, 0.6) is 0 Å². The lowest BCUT2D eigenvalue weighted by molar-refractivity contribution is 0.109. The van der Waals surface area contributed by atoms with Gasteiger partial charge in [-0.15, -0.1) is 5.10 Å². The van der Waals surface area contributed by atoms with E-state index in [1.807, 2.05) is 50.3 Å². The predicted molar refractivity (Wildman–Crippen MR) is 120 cm³/mol. The van der Waals surface area contributed by atoms with E-state index in [4.69, 9.17) is 0 Å². The maximum atomic E-state index is 14.3. The Hall–Kier alpha value is -3.14. The summed E-state index contributed by atoms with van der Waals surface area (Å²) in [6.45, 7) is 3.79. The average molecular weight is 426 g/mol. The van der Waals surface area contributed by atoms with Gasteiger partial charge in [0, 0.05) is 44.9 Å². The van der Waals surface area contributed by atoms with Gasteiger partial charge in [0.15, 0.2) is 5.82 Å². The van der Waals surface area contributed by atoms with Gasteiger partial charge in [0.2, 0.25) is 5.95 Å². The summed E-state index contributed by atoms with van der Waals surface area (Å²) in [7, 11) is 5.41. The number of hydrogen-bond acceptors (Lipinski definition) is 8. The fraction of sp³-hybridized carbons (Fsp3) is 0.476. The molecule has 1 fully saturated rings. The standard InChI is InChI=1S/C21H28FN9/c1-13-17(28-24-3)5-6-18(26-13)15-8-10-31-19(15)20(23-2)27-21(29-31)25-11-14-7-9-30(4)12-16(14)22/h5-6,8,10,14,16H,7,9,11-12H2,1-4H3,(H2,23,25,27,29)/t14?,16-/m0/s1. The van der Waals surface area contributed by atoms with Gasteiger partial charge < -0.3 is 15.5 Å². The molecule has 3 aromatic heterocycles. The first-order valence-corrected chi connectivity index (χ1v) is 10.4. The number of halogens is 1. The van der Waals surface area contributed by atoms with Crippen LogP contribution < -0.4 is 10.6 Å². The van der Waals surface area contributed by atoms with E-state index in [1.165, 1.54) is 0 Å². The smallest absolute Gasteiger partial charge is 0.243 e. The van der Waals surface area contributed by atoms with Crippen LogP contribution in [0.2, 0.25) is 0 Å². The molecule has 0 spiro atoms. The van der Waals surface area contributed by atoms with Crippen molar-refractivity contribution in [1.29, 1.82) is 0 Å². The summed E-state index contributed by atoms with van der Waals surface area (Å²) < 4.78 is 16.1. The fourth-order valence-electron chi connectivity index (χ4n) is 3.96. The number of pyridine rings is 1. The SMILES string of the molecule is CN=Nc1ccc(-c2ccn3nc(NCC4CCN(C)C[C@@H]4F)nc(NC)c23)nc1C. The molecule has 0 aliphatic carbocycles. The first-order valence-electron chi connectivity index (χ1n) is 10.4. The number of azo groups is 1. The molecule has 0 bridgehead atoms. The lowest BCUT2D eigenvalue weighted by Gasteiger charge is -2.32. The third-order valence-electron chi connectivity index (χ3n) is 5.69. The van der Waals surface area contributed by atoms with Gasteiger partial charge in [-0.25, -0.2) is 8.91 Å². The number of anilines is 2. The predicted octanol–water partition coefficient (Wildman–Crippen LogP) is 3.56. The van der Waals surface area contributed by atoms with Crippen molar-refractivity contribution in [2.75, 3.05) is 51.4 Å². The Balaban J connectivity index is 1.61. The molecular weight excluding hydrogens is 397 g/mol. The van der Waals surface area contributed by atoms with E-state index < -0.39 is 6.17 Å². The van der Waals surface area contributed by atoms with E-state index in [0.29, 0.717) is 24.9 Å². The van der Waals surface area contributed by atoms with Crippen LogP contribution in [0.15, 0.2) is 34.6 Å². The molecule has 0 amide bonds. The van der Waals surface area contributed by atoms with E-state index >= 15 is 0 Å². The molecule has 1 unspecified atom stereocenters. The summed E-state index contributed by atoms with van der Waals surface area (Å²) >= 11 is 0. The summed E-state index contributed by atoms with van der Waals surface area (Å²) in [6.07, 6.45) is 1.85. The third-order valence-corrected chi connectivity index (χ3v) is 5.69. The van der Waals surface area contributed by atoms with Crippen molar-refractivity contribution in [1.82, 2.24) is 24.5 Å². The Bertz CT molecular complexity index is 1090. The minimum absolute atomic E-state index is 0.0419. The highest BCUT2D eigenvalue weighted by Crippen LogP contribution is 2.31. The number of aryl methyl sites for hydroxylation is 1. The van der Waals surface area contributed by atoms with Crippen LogP contribution in [0.1, 0.15) is 12.1 Å². The Morgan fingerprint density at radius 1 is 1.26 bits per heavy atom. The molecule has 10 heteroatoms. The molecule has 4 rings (SSSR count). The Morgan fingerprint density at radius 3 is 2.81 bits per heavy atom. The zero-order valence-corrected chi connectivity index (χ0v) is 18.3. The van der Waals surface area contributed by atoms with Crippen LogP contribution in [-0.2, 0) is 0 Å². The van der Waals surface area contributed by atoms with E-state index in [-0.39, 0.29) is 5.92 Å². The van der Waals surface area contributed by atoms with E-state index in [2.05, 4.69) is 35.9 Å². The zero-order chi connectivity index (χ0) is 22.0. The summed E-state index contributed by atoms with van der Waals surface area (Å²) in [5, 5.41) is 18.9. The third kappa shape index (κ3) is 4.34. The quantitative estimate of drug-likeness (QED) is 0.587. The number of likely N-dealkylation sites (tertiary alicyclic amines) is 1. The lowest BCUT2D eigenvalue weighted by Crippen LogP contribution is -2.42. The number of rotatable bonds is 6. The lowest BCUT2D eigenvalue weighted by atomic mass is 9.95. The van der Waals surface area contributed by atoms with Gasteiger partial charge in [0.05, 0.1) is 11.4 Å². The first kappa shape index (κ1) is 21.1. The van der Waals surface area contributed by atoms with Crippen molar-refractivity contribution in [3.63, 3.8) is 0 Å². The largest absolute Gasteiger partial charge is 0.371 e. The van der Waals surface area contributed by atoms with Crippen molar-refractivity contribution in [2.24, 2.45) is 16.1 Å². The number of fused-ring (bicyclic) bond motifs is 1. The van der Waals surface area contributed by atoms with Crippen LogP contribution in [0, 0.1) is 12.8 Å². The molecule has 0 radical (unpaired) electrons. The second-order valence-electron chi connectivity index (χ2n) is 7.87. The number of hydrogen-bond donors (Lipinski definition) is 2. The summed E-state index contributed by atoms with van der Waals surface area (Å²) in [5.41, 5.74) is 4.09. The Morgan fingerprint density at radius 2 is 2.10 bits per heavy atom. The topological polar surface area (TPSA) is 95.1 Å². The summed E-state index contributed by atoms with van der Waals surface area (Å²) in [5.74, 6) is 1.10. The molecule has 164 valence electrons. The highest BCUT2D eigenvalue weighted by atomic mass is 19.1. The highest BCUT2D eigenvalue weighted by Gasteiger charge is 2.27. The highest BCUT2D eigenvalue weighted by molar-refractivity contribution is 5.87. The Kier molecular flexibility index (Phi) is 6.08. The molecular formula is C21H28FN9. The molecule has 1 saturated heterocycles. The number of nitrogens with zero attached hydrogens (tertiary/aromatic N) is 7. The summed E-state index contributed by atoms with van der Waals surface area (Å²) in [6, 6.07) is 5.78. The molecule has 1 aliphatic rings. The molecule has 1 aliphatic heterocycles.